The number of nitrogens with one attached hydrogen (secondary N) is 2. The molecule has 2 N–H and O–H groups in total. The quantitative estimate of drug-likeness (QED) is 0.653. The lowest BCUT2D eigenvalue weighted by molar-refractivity contribution is -0.123. The summed E-state index contributed by atoms with van der Waals surface area (Å²) in [4.78, 5) is 11.0. The minimum absolute atomic E-state index is 0.217. The predicted octanol–water partition coefficient (Wildman–Crippen LogP) is 0.653. The van der Waals surface area contributed by atoms with E-state index < -0.39 is 0 Å². The lowest BCUT2D eigenvalue weighted by Crippen LogP contribution is -2.42. The van der Waals surface area contributed by atoms with Crippen LogP contribution in [0.25, 0.3) is 0 Å². The highest BCUT2D eigenvalue weighted by atomic mass is 16.1. The van der Waals surface area contributed by atoms with Crippen molar-refractivity contribution in [2.75, 3.05) is 7.05 Å². The fraction of sp³-hybridized carbons (Fsp3) is 0.889. The van der Waals surface area contributed by atoms with E-state index in [1.807, 2.05) is 7.05 Å². The van der Waals surface area contributed by atoms with Crippen LogP contribution in [0.4, 0.5) is 0 Å². The van der Waals surface area contributed by atoms with E-state index in [1.165, 1.54) is 0 Å². The first-order valence-corrected chi connectivity index (χ1v) is 4.69. The summed E-state index contributed by atoms with van der Waals surface area (Å²) in [6, 6.07) is 0.891. The minimum atomic E-state index is 0.217. The van der Waals surface area contributed by atoms with Crippen molar-refractivity contribution >= 4 is 5.91 Å². The SMILES string of the molecule is CNC(C)CC1CCCC(=O)N1. The highest BCUT2D eigenvalue weighted by Gasteiger charge is 2.19. The van der Waals surface area contributed by atoms with Gasteiger partial charge in [0.25, 0.3) is 0 Å². The van der Waals surface area contributed by atoms with Crippen molar-refractivity contribution in [1.82, 2.24) is 10.6 Å². The van der Waals surface area contributed by atoms with Crippen LogP contribution in [0, 0.1) is 0 Å². The van der Waals surface area contributed by atoms with Crippen LogP contribution in [-0.4, -0.2) is 25.0 Å². The number of amides is 1. The third kappa shape index (κ3) is 2.81. The van der Waals surface area contributed by atoms with Crippen molar-refractivity contribution in [1.29, 1.82) is 0 Å². The zero-order valence-corrected chi connectivity index (χ0v) is 7.89. The molecule has 0 bridgehead atoms. The summed E-state index contributed by atoms with van der Waals surface area (Å²) in [6.07, 6.45) is 3.94. The topological polar surface area (TPSA) is 41.1 Å². The molecule has 1 rings (SSSR count). The molecule has 12 heavy (non-hydrogen) atoms. The van der Waals surface area contributed by atoms with Crippen LogP contribution in [0.5, 0.6) is 0 Å². The van der Waals surface area contributed by atoms with Gasteiger partial charge in [-0.2, -0.15) is 0 Å². The van der Waals surface area contributed by atoms with Gasteiger partial charge in [0.1, 0.15) is 0 Å². The predicted molar refractivity (Wildman–Crippen MR) is 48.9 cm³/mol. The standard InChI is InChI=1S/C9H18N2O/c1-7(10-2)6-8-4-3-5-9(12)11-8/h7-8,10H,3-6H2,1-2H3,(H,11,12). The highest BCUT2D eigenvalue weighted by Crippen LogP contribution is 2.12. The molecular formula is C9H18N2O. The molecule has 1 aliphatic heterocycles. The van der Waals surface area contributed by atoms with Gasteiger partial charge in [-0.15, -0.1) is 0 Å². The Morgan fingerprint density at radius 3 is 3.08 bits per heavy atom. The van der Waals surface area contributed by atoms with E-state index in [1.54, 1.807) is 0 Å². The van der Waals surface area contributed by atoms with Crippen molar-refractivity contribution in [3.63, 3.8) is 0 Å². The van der Waals surface area contributed by atoms with Crippen LogP contribution in [0.15, 0.2) is 0 Å². The molecule has 2 atom stereocenters. The number of rotatable bonds is 3. The van der Waals surface area contributed by atoms with E-state index >= 15 is 0 Å². The first kappa shape index (κ1) is 9.52. The molecule has 0 saturated carbocycles. The smallest absolute Gasteiger partial charge is 0.220 e. The molecule has 0 spiro atoms. The zero-order chi connectivity index (χ0) is 8.97. The van der Waals surface area contributed by atoms with Crippen molar-refractivity contribution in [3.8, 4) is 0 Å². The Kier molecular flexibility index (Phi) is 3.53. The van der Waals surface area contributed by atoms with Gasteiger partial charge in [-0.25, -0.2) is 0 Å². The monoisotopic (exact) mass is 170 g/mol. The highest BCUT2D eigenvalue weighted by molar-refractivity contribution is 5.76. The number of carbonyl (C=O) groups is 1. The van der Waals surface area contributed by atoms with E-state index in [-0.39, 0.29) is 5.91 Å². The summed E-state index contributed by atoms with van der Waals surface area (Å²) in [6.45, 7) is 2.14. The average molecular weight is 170 g/mol. The van der Waals surface area contributed by atoms with Gasteiger partial charge in [0, 0.05) is 18.5 Å². The molecule has 3 nitrogen and oxygen atoms in total. The molecule has 1 saturated heterocycles. The maximum absolute atomic E-state index is 11.0. The first-order chi connectivity index (χ1) is 5.72. The Labute approximate surface area is 73.9 Å². The van der Waals surface area contributed by atoms with Gasteiger partial charge in [0.05, 0.1) is 0 Å². The normalized spacial score (nSPS) is 26.5. The van der Waals surface area contributed by atoms with E-state index in [2.05, 4.69) is 17.6 Å². The number of carbonyl (C=O) groups excluding carboxylic acids is 1. The lowest BCUT2D eigenvalue weighted by Gasteiger charge is -2.25. The molecule has 3 heteroatoms. The lowest BCUT2D eigenvalue weighted by atomic mass is 9.98. The molecule has 1 heterocycles. The molecule has 0 aromatic heterocycles. The summed E-state index contributed by atoms with van der Waals surface area (Å²) in [5, 5.41) is 6.18. The van der Waals surface area contributed by atoms with E-state index in [9.17, 15) is 4.79 Å². The third-order valence-corrected chi connectivity index (χ3v) is 2.45. The fourth-order valence-corrected chi connectivity index (χ4v) is 1.60. The van der Waals surface area contributed by atoms with Crippen LogP contribution in [-0.2, 0) is 4.79 Å². The Morgan fingerprint density at radius 1 is 1.75 bits per heavy atom. The maximum Gasteiger partial charge on any atom is 0.220 e. The van der Waals surface area contributed by atoms with E-state index in [0.717, 1.165) is 19.3 Å². The summed E-state index contributed by atoms with van der Waals surface area (Å²) < 4.78 is 0. The molecular weight excluding hydrogens is 152 g/mol. The van der Waals surface area contributed by atoms with Crippen LogP contribution in [0.1, 0.15) is 32.6 Å². The second-order valence-electron chi connectivity index (χ2n) is 3.58. The Balaban J connectivity index is 2.27. The Bertz CT molecular complexity index is 159. The summed E-state index contributed by atoms with van der Waals surface area (Å²) in [5.41, 5.74) is 0. The first-order valence-electron chi connectivity index (χ1n) is 4.69. The Hall–Kier alpha value is -0.570. The van der Waals surface area contributed by atoms with Gasteiger partial charge in [0.2, 0.25) is 5.91 Å². The maximum atomic E-state index is 11.0. The van der Waals surface area contributed by atoms with Crippen molar-refractivity contribution in [3.05, 3.63) is 0 Å². The third-order valence-electron chi connectivity index (χ3n) is 2.45. The zero-order valence-electron chi connectivity index (χ0n) is 7.89. The second-order valence-corrected chi connectivity index (χ2v) is 3.58. The van der Waals surface area contributed by atoms with E-state index in [0.29, 0.717) is 18.5 Å². The van der Waals surface area contributed by atoms with Gasteiger partial charge in [-0.1, -0.05) is 0 Å². The molecule has 1 fully saturated rings. The van der Waals surface area contributed by atoms with Crippen molar-refractivity contribution in [2.45, 2.75) is 44.7 Å². The van der Waals surface area contributed by atoms with Crippen LogP contribution in [0.2, 0.25) is 0 Å². The molecule has 0 aliphatic carbocycles. The van der Waals surface area contributed by atoms with Crippen LogP contribution in [0.3, 0.4) is 0 Å². The van der Waals surface area contributed by atoms with Crippen molar-refractivity contribution < 1.29 is 4.79 Å². The fourth-order valence-electron chi connectivity index (χ4n) is 1.60. The molecule has 0 aromatic rings. The van der Waals surface area contributed by atoms with E-state index in [4.69, 9.17) is 0 Å². The molecule has 2 unspecified atom stereocenters. The van der Waals surface area contributed by atoms with Gasteiger partial charge < -0.3 is 10.6 Å². The molecule has 1 aliphatic rings. The molecule has 0 aromatic carbocycles. The number of piperidine rings is 1. The summed E-state index contributed by atoms with van der Waals surface area (Å²) in [7, 11) is 1.95. The number of hydrogen-bond donors (Lipinski definition) is 2. The largest absolute Gasteiger partial charge is 0.353 e. The van der Waals surface area contributed by atoms with Crippen LogP contribution >= 0.6 is 0 Å². The molecule has 70 valence electrons. The van der Waals surface area contributed by atoms with Crippen LogP contribution < -0.4 is 10.6 Å². The molecule has 1 amide bonds. The Morgan fingerprint density at radius 2 is 2.50 bits per heavy atom. The molecule has 0 radical (unpaired) electrons. The average Bonchev–Trinajstić information content (AvgIpc) is 2.04. The summed E-state index contributed by atoms with van der Waals surface area (Å²) >= 11 is 0. The van der Waals surface area contributed by atoms with Gasteiger partial charge >= 0.3 is 0 Å². The van der Waals surface area contributed by atoms with Gasteiger partial charge in [-0.3, -0.25) is 4.79 Å². The van der Waals surface area contributed by atoms with Crippen molar-refractivity contribution in [2.24, 2.45) is 0 Å². The summed E-state index contributed by atoms with van der Waals surface area (Å²) in [5.74, 6) is 0.217. The minimum Gasteiger partial charge on any atom is -0.353 e. The second kappa shape index (κ2) is 4.45. The van der Waals surface area contributed by atoms with Gasteiger partial charge in [-0.05, 0) is 33.2 Å². The number of hydrogen-bond acceptors (Lipinski definition) is 2. The van der Waals surface area contributed by atoms with Gasteiger partial charge in [0.15, 0.2) is 0 Å².